The van der Waals surface area contributed by atoms with E-state index >= 15 is 0 Å². The van der Waals surface area contributed by atoms with Gasteiger partial charge in [0.05, 0.1) is 18.7 Å². The lowest BCUT2D eigenvalue weighted by Gasteiger charge is -2.15. The number of nitrogens with two attached hydrogens (primary N) is 1. The first-order chi connectivity index (χ1) is 7.87. The van der Waals surface area contributed by atoms with E-state index in [2.05, 4.69) is 21.2 Å². The summed E-state index contributed by atoms with van der Waals surface area (Å²) in [7, 11) is 0. The van der Waals surface area contributed by atoms with Gasteiger partial charge in [-0.2, -0.15) is 0 Å². The zero-order chi connectivity index (χ0) is 13.1. The molecule has 94 valence electrons. The number of amides is 1. The third-order valence-corrected chi connectivity index (χ3v) is 3.30. The molecule has 0 radical (unpaired) electrons. The van der Waals surface area contributed by atoms with Crippen LogP contribution < -0.4 is 11.1 Å². The van der Waals surface area contributed by atoms with Crippen LogP contribution in [-0.2, 0) is 0 Å². The van der Waals surface area contributed by atoms with Gasteiger partial charge in [0.25, 0.3) is 11.8 Å². The number of rotatable bonds is 4. The number of carbonyl (C=O) groups excluding carboxylic acids is 1. The molecule has 1 rings (SSSR count). The molecule has 0 bridgehead atoms. The van der Waals surface area contributed by atoms with Crippen molar-refractivity contribution in [3.63, 3.8) is 0 Å². The summed E-state index contributed by atoms with van der Waals surface area (Å²) in [5.74, 6) is -3.62. The molecule has 1 aromatic carbocycles. The Morgan fingerprint density at radius 3 is 2.76 bits per heavy atom. The minimum atomic E-state index is -3.08. The first-order valence-corrected chi connectivity index (χ1v) is 5.78. The van der Waals surface area contributed by atoms with Crippen molar-refractivity contribution < 1.29 is 13.6 Å². The Balaban J connectivity index is 2.74. The maximum Gasteiger partial charge on any atom is 0.277 e. The second-order valence-electron chi connectivity index (χ2n) is 3.68. The summed E-state index contributed by atoms with van der Waals surface area (Å²) in [5, 5.41) is 2.16. The van der Waals surface area contributed by atoms with Crippen molar-refractivity contribution in [1.82, 2.24) is 5.32 Å². The molecule has 6 heteroatoms. The molecule has 0 aliphatic carbocycles. The Kier molecular flexibility index (Phi) is 4.59. The van der Waals surface area contributed by atoms with Crippen LogP contribution in [0.25, 0.3) is 0 Å². The molecule has 3 nitrogen and oxygen atoms in total. The van der Waals surface area contributed by atoms with Gasteiger partial charge in [-0.05, 0) is 34.5 Å². The zero-order valence-corrected chi connectivity index (χ0v) is 10.9. The highest BCUT2D eigenvalue weighted by atomic mass is 79.9. The first kappa shape index (κ1) is 14.1. The van der Waals surface area contributed by atoms with Crippen LogP contribution in [0.5, 0.6) is 0 Å². The third kappa shape index (κ3) is 3.74. The van der Waals surface area contributed by atoms with Crippen LogP contribution in [0.2, 0.25) is 0 Å². The van der Waals surface area contributed by atoms with Gasteiger partial charge in [-0.25, -0.2) is 8.78 Å². The largest absolute Gasteiger partial charge is 0.346 e. The number of benzene rings is 1. The molecule has 0 saturated carbocycles. The summed E-state index contributed by atoms with van der Waals surface area (Å²) in [6.07, 6.45) is 0. The summed E-state index contributed by atoms with van der Waals surface area (Å²) < 4.78 is 26.3. The first-order valence-electron chi connectivity index (χ1n) is 4.98. The van der Waals surface area contributed by atoms with E-state index in [1.165, 1.54) is 0 Å². The van der Waals surface area contributed by atoms with Gasteiger partial charge in [-0.1, -0.05) is 12.1 Å². The van der Waals surface area contributed by atoms with E-state index in [0.29, 0.717) is 10.0 Å². The van der Waals surface area contributed by atoms with Gasteiger partial charge in [-0.15, -0.1) is 0 Å². The van der Waals surface area contributed by atoms with E-state index in [1.54, 1.807) is 12.1 Å². The lowest BCUT2D eigenvalue weighted by molar-refractivity contribution is 0.0118. The molecule has 0 fully saturated rings. The number of halogens is 3. The van der Waals surface area contributed by atoms with E-state index < -0.39 is 24.9 Å². The Hall–Kier alpha value is -1.01. The van der Waals surface area contributed by atoms with Crippen LogP contribution in [0.3, 0.4) is 0 Å². The second kappa shape index (κ2) is 5.55. The molecule has 1 aromatic rings. The van der Waals surface area contributed by atoms with E-state index in [9.17, 15) is 13.6 Å². The molecule has 0 atom stereocenters. The lowest BCUT2D eigenvalue weighted by atomic mass is 10.1. The smallest absolute Gasteiger partial charge is 0.277 e. The van der Waals surface area contributed by atoms with Crippen LogP contribution in [0.1, 0.15) is 15.9 Å². The molecule has 0 heterocycles. The maximum atomic E-state index is 12.9. The van der Waals surface area contributed by atoms with E-state index in [4.69, 9.17) is 5.73 Å². The summed E-state index contributed by atoms with van der Waals surface area (Å²) in [5.41, 5.74) is 6.07. The van der Waals surface area contributed by atoms with Crippen molar-refractivity contribution in [2.24, 2.45) is 5.73 Å². The van der Waals surface area contributed by atoms with E-state index in [0.717, 1.165) is 5.56 Å². The zero-order valence-electron chi connectivity index (χ0n) is 9.27. The van der Waals surface area contributed by atoms with Gasteiger partial charge in [0, 0.05) is 4.47 Å². The fraction of sp³-hybridized carbons (Fsp3) is 0.364. The highest BCUT2D eigenvalue weighted by molar-refractivity contribution is 9.10. The molecule has 0 saturated heterocycles. The molecule has 0 aliphatic heterocycles. The molecule has 0 aliphatic rings. The normalized spacial score (nSPS) is 11.4. The summed E-state index contributed by atoms with van der Waals surface area (Å²) >= 11 is 3.25. The number of carbonyl (C=O) groups is 1. The van der Waals surface area contributed by atoms with Crippen LogP contribution >= 0.6 is 15.9 Å². The van der Waals surface area contributed by atoms with Crippen molar-refractivity contribution in [2.75, 3.05) is 13.1 Å². The standard InChI is InChI=1S/C11H13BrF2N2O/c1-7-3-2-4-8(9(7)12)10(17)16-6-11(13,14)5-15/h2-4H,5-6,15H2,1H3,(H,16,17). The van der Waals surface area contributed by atoms with Crippen molar-refractivity contribution >= 4 is 21.8 Å². The van der Waals surface area contributed by atoms with Crippen LogP contribution in [0.15, 0.2) is 22.7 Å². The SMILES string of the molecule is Cc1cccc(C(=O)NCC(F)(F)CN)c1Br. The van der Waals surface area contributed by atoms with Crippen molar-refractivity contribution in [2.45, 2.75) is 12.8 Å². The Bertz CT molecular complexity index is 424. The highest BCUT2D eigenvalue weighted by Crippen LogP contribution is 2.21. The minimum absolute atomic E-state index is 0.331. The maximum absolute atomic E-state index is 12.9. The van der Waals surface area contributed by atoms with Gasteiger partial charge in [0.2, 0.25) is 0 Å². The summed E-state index contributed by atoms with van der Waals surface area (Å²) in [6, 6.07) is 5.07. The molecule has 17 heavy (non-hydrogen) atoms. The number of alkyl halides is 2. The van der Waals surface area contributed by atoms with Crippen molar-refractivity contribution in [1.29, 1.82) is 0 Å². The number of aryl methyl sites for hydroxylation is 1. The number of nitrogens with one attached hydrogen (secondary N) is 1. The van der Waals surface area contributed by atoms with Crippen molar-refractivity contribution in [3.05, 3.63) is 33.8 Å². The van der Waals surface area contributed by atoms with Crippen LogP contribution in [-0.4, -0.2) is 24.9 Å². The molecular formula is C11H13BrF2N2O. The summed E-state index contributed by atoms with van der Waals surface area (Å²) in [4.78, 5) is 11.7. The topological polar surface area (TPSA) is 55.1 Å². The minimum Gasteiger partial charge on any atom is -0.346 e. The fourth-order valence-corrected chi connectivity index (χ4v) is 1.64. The predicted molar refractivity (Wildman–Crippen MR) is 65.2 cm³/mol. The van der Waals surface area contributed by atoms with E-state index in [1.807, 2.05) is 13.0 Å². The van der Waals surface area contributed by atoms with Gasteiger partial charge < -0.3 is 11.1 Å². The Labute approximate surface area is 107 Å². The summed E-state index contributed by atoms with van der Waals surface area (Å²) in [6.45, 7) is 0.264. The van der Waals surface area contributed by atoms with Crippen LogP contribution in [0.4, 0.5) is 8.78 Å². The molecule has 3 N–H and O–H groups in total. The van der Waals surface area contributed by atoms with Gasteiger partial charge in [0.1, 0.15) is 0 Å². The average Bonchev–Trinajstić information content (AvgIpc) is 2.30. The van der Waals surface area contributed by atoms with Crippen LogP contribution in [0, 0.1) is 6.92 Å². The molecule has 0 aromatic heterocycles. The Morgan fingerprint density at radius 2 is 2.18 bits per heavy atom. The van der Waals surface area contributed by atoms with E-state index in [-0.39, 0.29) is 0 Å². The predicted octanol–water partition coefficient (Wildman–Crippen LogP) is 2.08. The van der Waals surface area contributed by atoms with Crippen molar-refractivity contribution in [3.8, 4) is 0 Å². The quantitative estimate of drug-likeness (QED) is 0.895. The molecule has 0 unspecified atom stereocenters. The highest BCUT2D eigenvalue weighted by Gasteiger charge is 2.27. The monoisotopic (exact) mass is 306 g/mol. The second-order valence-corrected chi connectivity index (χ2v) is 4.47. The number of hydrogen-bond acceptors (Lipinski definition) is 2. The third-order valence-electron chi connectivity index (χ3n) is 2.24. The van der Waals surface area contributed by atoms with Gasteiger partial charge in [-0.3, -0.25) is 4.79 Å². The fourth-order valence-electron chi connectivity index (χ4n) is 1.20. The Morgan fingerprint density at radius 1 is 1.53 bits per heavy atom. The molecule has 1 amide bonds. The van der Waals surface area contributed by atoms with Gasteiger partial charge in [0.15, 0.2) is 0 Å². The molecule has 0 spiro atoms. The lowest BCUT2D eigenvalue weighted by Crippen LogP contribution is -2.41. The molecular weight excluding hydrogens is 294 g/mol. The van der Waals surface area contributed by atoms with Gasteiger partial charge >= 0.3 is 0 Å². The number of hydrogen-bond donors (Lipinski definition) is 2. The average molecular weight is 307 g/mol.